The molecule has 20 heavy (non-hydrogen) atoms. The molecule has 0 aliphatic rings. The van der Waals surface area contributed by atoms with Gasteiger partial charge in [0, 0.05) is 18.3 Å². The minimum atomic E-state index is -1.58. The van der Waals surface area contributed by atoms with Gasteiger partial charge in [0.15, 0.2) is 8.32 Å². The minimum absolute atomic E-state index is 0.303. The van der Waals surface area contributed by atoms with Crippen LogP contribution in [0.5, 0.6) is 0 Å². The molecule has 0 saturated carbocycles. The van der Waals surface area contributed by atoms with Crippen LogP contribution in [0.1, 0.15) is 32.8 Å². The smallest absolute Gasteiger partial charge is 0.191 e. The molecule has 0 saturated heterocycles. The molecule has 1 N–H and O–H groups in total. The van der Waals surface area contributed by atoms with Crippen LogP contribution in [0.15, 0.2) is 30.5 Å². The minimum Gasteiger partial charge on any atom is -0.417 e. The van der Waals surface area contributed by atoms with E-state index < -0.39 is 8.32 Å². The Hall–Kier alpha value is -1.06. The van der Waals surface area contributed by atoms with E-state index in [2.05, 4.69) is 63.1 Å². The summed E-state index contributed by atoms with van der Waals surface area (Å²) in [4.78, 5) is 3.23. The van der Waals surface area contributed by atoms with Gasteiger partial charge in [0.1, 0.15) is 0 Å². The summed E-state index contributed by atoms with van der Waals surface area (Å²) in [5.74, 6) is 0. The topological polar surface area (TPSA) is 25.0 Å². The van der Waals surface area contributed by atoms with Gasteiger partial charge in [-0.25, -0.2) is 0 Å². The fourth-order valence-electron chi connectivity index (χ4n) is 2.08. The predicted octanol–water partition coefficient (Wildman–Crippen LogP) is 5.12. The molecule has 0 atom stereocenters. The second-order valence-corrected chi connectivity index (χ2v) is 11.9. The fourth-order valence-corrected chi connectivity index (χ4v) is 3.17. The molecule has 0 radical (unpaired) electrons. The number of fused-ring (bicyclic) bond motifs is 1. The number of rotatable bonds is 5. The van der Waals surface area contributed by atoms with Crippen molar-refractivity contribution in [1.82, 2.24) is 4.98 Å². The number of nitrogens with one attached hydrogen (secondary N) is 1. The first kappa shape index (κ1) is 15.3. The van der Waals surface area contributed by atoms with E-state index in [-0.39, 0.29) is 0 Å². The third kappa shape index (κ3) is 3.52. The van der Waals surface area contributed by atoms with Crippen LogP contribution in [0.2, 0.25) is 18.1 Å². The van der Waals surface area contributed by atoms with Crippen LogP contribution in [0.25, 0.3) is 10.9 Å². The van der Waals surface area contributed by atoms with E-state index in [0.717, 1.165) is 19.4 Å². The summed E-state index contributed by atoms with van der Waals surface area (Å²) in [6, 6.07) is 8.79. The van der Waals surface area contributed by atoms with Crippen LogP contribution in [0.4, 0.5) is 0 Å². The number of hydrogen-bond donors (Lipinski definition) is 1. The molecule has 2 rings (SSSR count). The van der Waals surface area contributed by atoms with Gasteiger partial charge in [-0.15, -0.1) is 0 Å². The molecule has 2 nitrogen and oxygen atoms in total. The summed E-state index contributed by atoms with van der Waals surface area (Å²) in [7, 11) is -1.58. The molecule has 2 aromatic rings. The van der Waals surface area contributed by atoms with Gasteiger partial charge in [-0.05, 0) is 60.1 Å². The van der Waals surface area contributed by atoms with E-state index in [4.69, 9.17) is 4.43 Å². The van der Waals surface area contributed by atoms with Crippen molar-refractivity contribution in [3.8, 4) is 0 Å². The van der Waals surface area contributed by atoms with Crippen LogP contribution < -0.4 is 0 Å². The van der Waals surface area contributed by atoms with Crippen LogP contribution in [0, 0.1) is 0 Å². The fraction of sp³-hybridized carbons (Fsp3) is 0.529. The zero-order valence-corrected chi connectivity index (χ0v) is 14.4. The monoisotopic (exact) mass is 289 g/mol. The highest BCUT2D eigenvalue weighted by Gasteiger charge is 2.36. The highest BCUT2D eigenvalue weighted by atomic mass is 28.4. The van der Waals surface area contributed by atoms with Gasteiger partial charge in [0.25, 0.3) is 0 Å². The van der Waals surface area contributed by atoms with Crippen molar-refractivity contribution >= 4 is 19.2 Å². The molecule has 1 heterocycles. The maximum Gasteiger partial charge on any atom is 0.191 e. The number of aryl methyl sites for hydroxylation is 1. The highest BCUT2D eigenvalue weighted by molar-refractivity contribution is 6.74. The molecule has 110 valence electrons. The number of benzene rings is 1. The van der Waals surface area contributed by atoms with Crippen LogP contribution in [-0.4, -0.2) is 19.9 Å². The summed E-state index contributed by atoms with van der Waals surface area (Å²) >= 11 is 0. The number of H-pyrrole nitrogens is 1. The quantitative estimate of drug-likeness (QED) is 0.599. The molecule has 0 amide bonds. The normalized spacial score (nSPS) is 13.1. The van der Waals surface area contributed by atoms with Crippen molar-refractivity contribution in [2.24, 2.45) is 0 Å². The van der Waals surface area contributed by atoms with Gasteiger partial charge in [0.2, 0.25) is 0 Å². The predicted molar refractivity (Wildman–Crippen MR) is 89.8 cm³/mol. The summed E-state index contributed by atoms with van der Waals surface area (Å²) < 4.78 is 6.22. The van der Waals surface area contributed by atoms with E-state index in [1.807, 2.05) is 6.20 Å². The Morgan fingerprint density at radius 1 is 1.15 bits per heavy atom. The SMILES string of the molecule is CC(C)(C)[Si](C)(C)OCCCc1ccc2[nH]ccc2c1. The molecule has 0 aliphatic heterocycles. The van der Waals surface area contributed by atoms with Gasteiger partial charge in [0.05, 0.1) is 0 Å². The van der Waals surface area contributed by atoms with Gasteiger partial charge >= 0.3 is 0 Å². The van der Waals surface area contributed by atoms with Crippen molar-refractivity contribution in [1.29, 1.82) is 0 Å². The van der Waals surface area contributed by atoms with E-state index in [0.29, 0.717) is 5.04 Å². The van der Waals surface area contributed by atoms with Crippen molar-refractivity contribution in [3.05, 3.63) is 36.0 Å². The summed E-state index contributed by atoms with van der Waals surface area (Å²) in [5, 5.41) is 1.60. The maximum absolute atomic E-state index is 6.22. The molecule has 0 fully saturated rings. The first-order chi connectivity index (χ1) is 9.29. The van der Waals surface area contributed by atoms with Crippen molar-refractivity contribution in [2.75, 3.05) is 6.61 Å². The lowest BCUT2D eigenvalue weighted by molar-refractivity contribution is 0.282. The Morgan fingerprint density at radius 3 is 2.60 bits per heavy atom. The second-order valence-electron chi connectivity index (χ2n) is 7.11. The number of aromatic nitrogens is 1. The van der Waals surface area contributed by atoms with Crippen molar-refractivity contribution < 1.29 is 4.43 Å². The van der Waals surface area contributed by atoms with Gasteiger partial charge < -0.3 is 9.41 Å². The first-order valence-electron chi connectivity index (χ1n) is 7.50. The Bertz CT molecular complexity index is 566. The molecule has 1 aromatic heterocycles. The van der Waals surface area contributed by atoms with E-state index in [1.165, 1.54) is 16.5 Å². The average Bonchev–Trinajstić information content (AvgIpc) is 2.80. The first-order valence-corrected chi connectivity index (χ1v) is 10.4. The lowest BCUT2D eigenvalue weighted by Gasteiger charge is -2.36. The van der Waals surface area contributed by atoms with Crippen molar-refractivity contribution in [3.63, 3.8) is 0 Å². The van der Waals surface area contributed by atoms with E-state index in [1.54, 1.807) is 0 Å². The molecule has 0 aliphatic carbocycles. The molecule has 0 unspecified atom stereocenters. The molecule has 3 heteroatoms. The Kier molecular flexibility index (Phi) is 4.40. The van der Waals surface area contributed by atoms with Crippen LogP contribution in [-0.2, 0) is 10.8 Å². The van der Waals surface area contributed by atoms with Gasteiger partial charge in [-0.3, -0.25) is 0 Å². The largest absolute Gasteiger partial charge is 0.417 e. The number of aromatic amines is 1. The molecular formula is C17H27NOSi. The van der Waals surface area contributed by atoms with Gasteiger partial charge in [-0.1, -0.05) is 26.8 Å². The average molecular weight is 289 g/mol. The number of hydrogen-bond acceptors (Lipinski definition) is 1. The van der Waals surface area contributed by atoms with E-state index in [9.17, 15) is 0 Å². The van der Waals surface area contributed by atoms with Crippen LogP contribution in [0.3, 0.4) is 0 Å². The zero-order valence-electron chi connectivity index (χ0n) is 13.4. The van der Waals surface area contributed by atoms with Gasteiger partial charge in [-0.2, -0.15) is 0 Å². The lowest BCUT2D eigenvalue weighted by Crippen LogP contribution is -2.41. The molecule has 0 spiro atoms. The molecule has 0 bridgehead atoms. The van der Waals surface area contributed by atoms with Crippen molar-refractivity contribution in [2.45, 2.75) is 51.7 Å². The lowest BCUT2D eigenvalue weighted by atomic mass is 10.1. The maximum atomic E-state index is 6.22. The van der Waals surface area contributed by atoms with E-state index >= 15 is 0 Å². The summed E-state index contributed by atoms with van der Waals surface area (Å²) in [6.45, 7) is 12.4. The molecular weight excluding hydrogens is 262 g/mol. The summed E-state index contributed by atoms with van der Waals surface area (Å²) in [6.07, 6.45) is 4.19. The summed E-state index contributed by atoms with van der Waals surface area (Å²) in [5.41, 5.74) is 2.61. The standard InChI is InChI=1S/C17H27NOSi/c1-17(2,3)20(4,5)19-12-6-7-14-8-9-16-15(13-14)10-11-18-16/h8-11,13,18H,6-7,12H2,1-5H3. The third-order valence-electron chi connectivity index (χ3n) is 4.50. The second kappa shape index (κ2) is 5.74. The third-order valence-corrected chi connectivity index (χ3v) is 9.03. The Labute approximate surface area is 123 Å². The Morgan fingerprint density at radius 2 is 1.90 bits per heavy atom. The zero-order chi connectivity index (χ0) is 14.8. The highest BCUT2D eigenvalue weighted by Crippen LogP contribution is 2.36. The molecule has 1 aromatic carbocycles. The van der Waals surface area contributed by atoms with Crippen LogP contribution >= 0.6 is 0 Å². The Balaban J connectivity index is 1.84.